The van der Waals surface area contributed by atoms with E-state index in [9.17, 15) is 0 Å². The second-order valence-electron chi connectivity index (χ2n) is 4.45. The van der Waals surface area contributed by atoms with Crippen LogP contribution in [0.3, 0.4) is 0 Å². The van der Waals surface area contributed by atoms with E-state index >= 15 is 0 Å². The smallest absolute Gasteiger partial charge is 0.122 e. The van der Waals surface area contributed by atoms with Gasteiger partial charge in [-0.25, -0.2) is 0 Å². The molecule has 1 aromatic carbocycles. The summed E-state index contributed by atoms with van der Waals surface area (Å²) < 4.78 is 5.37. The Hall–Kier alpha value is -0.980. The normalized spacial score (nSPS) is 11.5. The van der Waals surface area contributed by atoms with Crippen molar-refractivity contribution in [2.45, 2.75) is 46.0 Å². The van der Waals surface area contributed by atoms with Crippen molar-refractivity contribution in [3.63, 3.8) is 0 Å². The molecule has 1 nitrogen and oxygen atoms in total. The van der Waals surface area contributed by atoms with Crippen LogP contribution in [0.4, 0.5) is 0 Å². The summed E-state index contributed by atoms with van der Waals surface area (Å²) in [5.74, 6) is 1.00. The first-order chi connectivity index (χ1) is 7.07. The average molecular weight is 206 g/mol. The highest BCUT2D eigenvalue weighted by Gasteiger charge is 2.22. The van der Waals surface area contributed by atoms with Crippen molar-refractivity contribution in [1.29, 1.82) is 0 Å². The Morgan fingerprint density at radius 3 is 2.27 bits per heavy atom. The molecule has 1 rings (SSSR count). The van der Waals surface area contributed by atoms with Crippen molar-refractivity contribution >= 4 is 0 Å². The standard InChI is InChI=1S/C14H22O/c1-6-14(4,7-2)12-9-8-11(3)13(10-12)15-5/h8-10H,6-7H2,1-5H3. The van der Waals surface area contributed by atoms with Gasteiger partial charge in [0.1, 0.15) is 5.75 Å². The number of ether oxygens (including phenoxy) is 1. The summed E-state index contributed by atoms with van der Waals surface area (Å²) in [6.45, 7) is 8.89. The first-order valence-electron chi connectivity index (χ1n) is 5.72. The lowest BCUT2D eigenvalue weighted by Crippen LogP contribution is -2.19. The molecule has 0 bridgehead atoms. The molecule has 0 saturated carbocycles. The summed E-state index contributed by atoms with van der Waals surface area (Å²) in [6, 6.07) is 6.56. The van der Waals surface area contributed by atoms with Crippen LogP contribution in [-0.4, -0.2) is 7.11 Å². The molecule has 1 aromatic rings. The van der Waals surface area contributed by atoms with E-state index in [4.69, 9.17) is 4.74 Å². The quantitative estimate of drug-likeness (QED) is 0.721. The van der Waals surface area contributed by atoms with Crippen molar-refractivity contribution in [1.82, 2.24) is 0 Å². The first-order valence-corrected chi connectivity index (χ1v) is 5.72. The van der Waals surface area contributed by atoms with E-state index in [1.807, 2.05) is 0 Å². The lowest BCUT2D eigenvalue weighted by atomic mass is 9.77. The lowest BCUT2D eigenvalue weighted by Gasteiger charge is -2.28. The Balaban J connectivity index is 3.15. The van der Waals surface area contributed by atoms with Crippen LogP contribution in [0.25, 0.3) is 0 Å². The Bertz CT molecular complexity index is 324. The average Bonchev–Trinajstić information content (AvgIpc) is 2.28. The number of methoxy groups -OCH3 is 1. The third-order valence-electron chi connectivity index (χ3n) is 3.67. The number of aryl methyl sites for hydroxylation is 1. The monoisotopic (exact) mass is 206 g/mol. The largest absolute Gasteiger partial charge is 0.496 e. The number of benzene rings is 1. The molecule has 0 atom stereocenters. The van der Waals surface area contributed by atoms with Gasteiger partial charge in [-0.1, -0.05) is 32.9 Å². The molecular formula is C14H22O. The van der Waals surface area contributed by atoms with E-state index in [0.717, 1.165) is 18.6 Å². The molecule has 0 amide bonds. The molecule has 0 aliphatic rings. The molecule has 0 aliphatic heterocycles. The number of hydrogen-bond acceptors (Lipinski definition) is 1. The van der Waals surface area contributed by atoms with Gasteiger partial charge in [-0.15, -0.1) is 0 Å². The van der Waals surface area contributed by atoms with Crippen LogP contribution in [0.1, 0.15) is 44.7 Å². The van der Waals surface area contributed by atoms with Crippen molar-refractivity contribution in [3.8, 4) is 5.75 Å². The molecule has 84 valence electrons. The minimum atomic E-state index is 0.279. The van der Waals surface area contributed by atoms with Crippen LogP contribution in [0, 0.1) is 6.92 Å². The zero-order valence-electron chi connectivity index (χ0n) is 10.6. The van der Waals surface area contributed by atoms with Gasteiger partial charge in [0, 0.05) is 0 Å². The summed E-state index contributed by atoms with van der Waals surface area (Å²) in [5.41, 5.74) is 2.87. The molecule has 0 aliphatic carbocycles. The van der Waals surface area contributed by atoms with Gasteiger partial charge in [0.15, 0.2) is 0 Å². The molecule has 0 spiro atoms. The van der Waals surface area contributed by atoms with Crippen LogP contribution < -0.4 is 4.74 Å². The van der Waals surface area contributed by atoms with Crippen LogP contribution >= 0.6 is 0 Å². The highest BCUT2D eigenvalue weighted by atomic mass is 16.5. The van der Waals surface area contributed by atoms with E-state index in [0.29, 0.717) is 0 Å². The zero-order valence-corrected chi connectivity index (χ0v) is 10.6. The van der Waals surface area contributed by atoms with Crippen molar-refractivity contribution in [2.75, 3.05) is 7.11 Å². The maximum Gasteiger partial charge on any atom is 0.122 e. The fourth-order valence-electron chi connectivity index (χ4n) is 1.85. The van der Waals surface area contributed by atoms with Crippen LogP contribution in [0.2, 0.25) is 0 Å². The summed E-state index contributed by atoms with van der Waals surface area (Å²) in [5, 5.41) is 0. The predicted molar refractivity (Wildman–Crippen MR) is 65.7 cm³/mol. The number of rotatable bonds is 4. The van der Waals surface area contributed by atoms with Crippen molar-refractivity contribution < 1.29 is 4.74 Å². The van der Waals surface area contributed by atoms with E-state index < -0.39 is 0 Å². The maximum absolute atomic E-state index is 5.37. The summed E-state index contributed by atoms with van der Waals surface area (Å²) in [4.78, 5) is 0. The predicted octanol–water partition coefficient (Wildman–Crippen LogP) is 4.08. The molecule has 1 heteroatoms. The summed E-state index contributed by atoms with van der Waals surface area (Å²) in [6.07, 6.45) is 2.32. The molecule has 15 heavy (non-hydrogen) atoms. The van der Waals surface area contributed by atoms with Gasteiger partial charge in [-0.2, -0.15) is 0 Å². The maximum atomic E-state index is 5.37. The van der Waals surface area contributed by atoms with E-state index in [2.05, 4.69) is 45.9 Å². The second kappa shape index (κ2) is 4.69. The van der Waals surface area contributed by atoms with E-state index in [-0.39, 0.29) is 5.41 Å². The van der Waals surface area contributed by atoms with Gasteiger partial charge >= 0.3 is 0 Å². The van der Waals surface area contributed by atoms with Gasteiger partial charge in [0.05, 0.1) is 7.11 Å². The van der Waals surface area contributed by atoms with Gasteiger partial charge in [0.2, 0.25) is 0 Å². The summed E-state index contributed by atoms with van der Waals surface area (Å²) in [7, 11) is 1.74. The molecule has 0 aromatic heterocycles. The lowest BCUT2D eigenvalue weighted by molar-refractivity contribution is 0.402. The van der Waals surface area contributed by atoms with E-state index in [1.54, 1.807) is 7.11 Å². The van der Waals surface area contributed by atoms with Gasteiger partial charge in [-0.05, 0) is 42.4 Å². The van der Waals surface area contributed by atoms with Crippen LogP contribution in [-0.2, 0) is 5.41 Å². The van der Waals surface area contributed by atoms with Crippen molar-refractivity contribution in [2.24, 2.45) is 0 Å². The second-order valence-corrected chi connectivity index (χ2v) is 4.45. The molecule has 0 saturated heterocycles. The molecule has 0 unspecified atom stereocenters. The molecule has 0 fully saturated rings. The molecular weight excluding hydrogens is 184 g/mol. The first kappa shape index (κ1) is 12.1. The van der Waals surface area contributed by atoms with Gasteiger partial charge in [-0.3, -0.25) is 0 Å². The Kier molecular flexibility index (Phi) is 3.78. The third-order valence-corrected chi connectivity index (χ3v) is 3.67. The highest BCUT2D eigenvalue weighted by Crippen LogP contribution is 2.33. The Labute approximate surface area is 93.5 Å². The highest BCUT2D eigenvalue weighted by molar-refractivity contribution is 5.39. The van der Waals surface area contributed by atoms with Crippen LogP contribution in [0.15, 0.2) is 18.2 Å². The van der Waals surface area contributed by atoms with Crippen molar-refractivity contribution in [3.05, 3.63) is 29.3 Å². The van der Waals surface area contributed by atoms with Crippen LogP contribution in [0.5, 0.6) is 5.75 Å². The SMILES string of the molecule is CCC(C)(CC)c1ccc(C)c(OC)c1. The Morgan fingerprint density at radius 2 is 1.80 bits per heavy atom. The fourth-order valence-corrected chi connectivity index (χ4v) is 1.85. The molecule has 0 heterocycles. The van der Waals surface area contributed by atoms with Gasteiger partial charge < -0.3 is 4.74 Å². The summed E-state index contributed by atoms with van der Waals surface area (Å²) >= 11 is 0. The number of hydrogen-bond donors (Lipinski definition) is 0. The topological polar surface area (TPSA) is 9.23 Å². The third kappa shape index (κ3) is 2.34. The molecule has 0 N–H and O–H groups in total. The Morgan fingerprint density at radius 1 is 1.20 bits per heavy atom. The molecule has 0 radical (unpaired) electrons. The minimum Gasteiger partial charge on any atom is -0.496 e. The zero-order chi connectivity index (χ0) is 11.5. The van der Waals surface area contributed by atoms with Gasteiger partial charge in [0.25, 0.3) is 0 Å². The fraction of sp³-hybridized carbons (Fsp3) is 0.571. The minimum absolute atomic E-state index is 0.279. The van der Waals surface area contributed by atoms with E-state index in [1.165, 1.54) is 11.1 Å².